The highest BCUT2D eigenvalue weighted by atomic mass is 19.1. The van der Waals surface area contributed by atoms with Crippen LogP contribution in [0.2, 0.25) is 0 Å². The number of aromatic hydroxyl groups is 1. The number of rotatable bonds is 3. The molecule has 0 aliphatic heterocycles. The first-order valence-electron chi connectivity index (χ1n) is 7.37. The molecule has 0 aliphatic carbocycles. The monoisotopic (exact) mass is 340 g/mol. The van der Waals surface area contributed by atoms with Crippen LogP contribution < -0.4 is 5.73 Å². The van der Waals surface area contributed by atoms with E-state index >= 15 is 0 Å². The molecule has 0 spiro atoms. The van der Waals surface area contributed by atoms with Gasteiger partial charge in [-0.1, -0.05) is 41.6 Å². The lowest BCUT2D eigenvalue weighted by Gasteiger charge is -2.16. The van der Waals surface area contributed by atoms with E-state index in [1.165, 1.54) is 30.3 Å². The van der Waals surface area contributed by atoms with Gasteiger partial charge in [-0.25, -0.2) is 8.78 Å². The fourth-order valence-electron chi connectivity index (χ4n) is 2.72. The first-order chi connectivity index (χ1) is 12.0. The van der Waals surface area contributed by atoms with Crippen LogP contribution in [-0.4, -0.2) is 16.1 Å². The van der Waals surface area contributed by atoms with Crippen LogP contribution in [0.3, 0.4) is 0 Å². The molecule has 0 atom stereocenters. The Morgan fingerprint density at radius 3 is 2.24 bits per heavy atom. The number of amidine groups is 1. The molecule has 6 heteroatoms. The summed E-state index contributed by atoms with van der Waals surface area (Å²) in [5.74, 6) is -1.64. The van der Waals surface area contributed by atoms with Crippen molar-refractivity contribution in [1.82, 2.24) is 0 Å². The van der Waals surface area contributed by atoms with Crippen LogP contribution in [0.5, 0.6) is 5.75 Å². The van der Waals surface area contributed by atoms with Crippen molar-refractivity contribution in [3.8, 4) is 28.0 Å². The Kier molecular flexibility index (Phi) is 4.35. The van der Waals surface area contributed by atoms with E-state index in [0.29, 0.717) is 11.1 Å². The molecule has 0 heterocycles. The Labute approximate surface area is 142 Å². The molecule has 0 amide bonds. The number of hydrogen-bond acceptors (Lipinski definition) is 3. The van der Waals surface area contributed by atoms with E-state index in [0.717, 1.165) is 6.07 Å². The van der Waals surface area contributed by atoms with Crippen molar-refractivity contribution in [3.63, 3.8) is 0 Å². The van der Waals surface area contributed by atoms with E-state index < -0.39 is 11.6 Å². The van der Waals surface area contributed by atoms with E-state index in [9.17, 15) is 13.9 Å². The zero-order valence-corrected chi connectivity index (χ0v) is 12.9. The van der Waals surface area contributed by atoms with Crippen LogP contribution >= 0.6 is 0 Å². The van der Waals surface area contributed by atoms with Crippen LogP contribution in [0.15, 0.2) is 65.8 Å². The van der Waals surface area contributed by atoms with Gasteiger partial charge in [0.2, 0.25) is 0 Å². The predicted molar refractivity (Wildman–Crippen MR) is 91.4 cm³/mol. The summed E-state index contributed by atoms with van der Waals surface area (Å²) in [4.78, 5) is 0. The largest absolute Gasteiger partial charge is 0.508 e. The molecule has 0 aromatic heterocycles. The minimum absolute atomic E-state index is 0.156. The van der Waals surface area contributed by atoms with Gasteiger partial charge in [-0.3, -0.25) is 0 Å². The van der Waals surface area contributed by atoms with Gasteiger partial charge in [0.05, 0.1) is 0 Å². The summed E-state index contributed by atoms with van der Waals surface area (Å²) in [5.41, 5.74) is 6.99. The van der Waals surface area contributed by atoms with Crippen molar-refractivity contribution >= 4 is 5.84 Å². The minimum atomic E-state index is -0.672. The molecule has 4 nitrogen and oxygen atoms in total. The molecule has 0 saturated carbocycles. The summed E-state index contributed by atoms with van der Waals surface area (Å²) in [6.07, 6.45) is 0. The van der Waals surface area contributed by atoms with Gasteiger partial charge in [0, 0.05) is 28.3 Å². The van der Waals surface area contributed by atoms with E-state index in [-0.39, 0.29) is 28.3 Å². The molecule has 0 unspecified atom stereocenters. The number of oxime groups is 1. The summed E-state index contributed by atoms with van der Waals surface area (Å²) in [6.45, 7) is 0. The fourth-order valence-corrected chi connectivity index (χ4v) is 2.72. The lowest BCUT2D eigenvalue weighted by Crippen LogP contribution is -2.15. The molecule has 3 aromatic carbocycles. The van der Waals surface area contributed by atoms with Crippen LogP contribution in [0.4, 0.5) is 8.78 Å². The SMILES string of the molecule is N/C(=N\O)c1cccc(-c2ccc(O)cc2F)c1-c1ccccc1F. The maximum Gasteiger partial charge on any atom is 0.170 e. The van der Waals surface area contributed by atoms with Gasteiger partial charge in [0.15, 0.2) is 5.84 Å². The Morgan fingerprint density at radius 1 is 0.840 bits per heavy atom. The first kappa shape index (κ1) is 16.4. The third kappa shape index (κ3) is 3.01. The van der Waals surface area contributed by atoms with Crippen molar-refractivity contribution < 1.29 is 19.1 Å². The number of hydrogen-bond donors (Lipinski definition) is 3. The summed E-state index contributed by atoms with van der Waals surface area (Å²) in [5, 5.41) is 21.5. The molecular formula is C19H14F2N2O2. The molecule has 0 fully saturated rings. The lowest BCUT2D eigenvalue weighted by molar-refractivity contribution is 0.318. The second-order valence-electron chi connectivity index (χ2n) is 5.36. The topological polar surface area (TPSA) is 78.8 Å². The zero-order chi connectivity index (χ0) is 18.0. The third-order valence-corrected chi connectivity index (χ3v) is 3.83. The summed E-state index contributed by atoms with van der Waals surface area (Å²) in [7, 11) is 0. The number of phenolic OH excluding ortho intramolecular Hbond substituents is 1. The van der Waals surface area contributed by atoms with Crippen molar-refractivity contribution in [1.29, 1.82) is 0 Å². The van der Waals surface area contributed by atoms with Crippen LogP contribution in [-0.2, 0) is 0 Å². The standard InChI is InChI=1S/C19H14F2N2O2/c20-16-7-2-1-4-14(16)18-13(5-3-6-15(18)19(22)23-25)12-9-8-11(24)10-17(12)21/h1-10,24-25H,(H2,22,23). The molecule has 0 aliphatic rings. The number of nitrogens with zero attached hydrogens (tertiary/aromatic N) is 1. The predicted octanol–water partition coefficient (Wildman–Crippen LogP) is 4.10. The van der Waals surface area contributed by atoms with Gasteiger partial charge >= 0.3 is 0 Å². The van der Waals surface area contributed by atoms with Gasteiger partial charge in [-0.15, -0.1) is 0 Å². The van der Waals surface area contributed by atoms with Crippen molar-refractivity contribution in [2.24, 2.45) is 10.9 Å². The maximum absolute atomic E-state index is 14.4. The van der Waals surface area contributed by atoms with Crippen molar-refractivity contribution in [2.75, 3.05) is 0 Å². The molecule has 25 heavy (non-hydrogen) atoms. The van der Waals surface area contributed by atoms with Gasteiger partial charge in [0.25, 0.3) is 0 Å². The average Bonchev–Trinajstić information content (AvgIpc) is 2.61. The minimum Gasteiger partial charge on any atom is -0.508 e. The zero-order valence-electron chi connectivity index (χ0n) is 12.9. The normalized spacial score (nSPS) is 11.5. The Bertz CT molecular complexity index is 971. The molecule has 3 aromatic rings. The van der Waals surface area contributed by atoms with Crippen LogP contribution in [0.1, 0.15) is 5.56 Å². The van der Waals surface area contributed by atoms with Gasteiger partial charge in [-0.2, -0.15) is 0 Å². The summed E-state index contributed by atoms with van der Waals surface area (Å²) >= 11 is 0. The first-order valence-corrected chi connectivity index (χ1v) is 7.37. The van der Waals surface area contributed by atoms with Crippen molar-refractivity contribution in [2.45, 2.75) is 0 Å². The Hall–Kier alpha value is -3.41. The Morgan fingerprint density at radius 2 is 1.56 bits per heavy atom. The molecule has 0 radical (unpaired) electrons. The van der Waals surface area contributed by atoms with Crippen LogP contribution in [0, 0.1) is 11.6 Å². The summed E-state index contributed by atoms with van der Waals surface area (Å²) < 4.78 is 28.8. The van der Waals surface area contributed by atoms with E-state index in [1.54, 1.807) is 24.3 Å². The highest BCUT2D eigenvalue weighted by Gasteiger charge is 2.19. The lowest BCUT2D eigenvalue weighted by atomic mass is 9.89. The molecular weight excluding hydrogens is 326 g/mol. The number of phenols is 1. The second-order valence-corrected chi connectivity index (χ2v) is 5.36. The molecule has 4 N–H and O–H groups in total. The smallest absolute Gasteiger partial charge is 0.170 e. The Balaban J connectivity index is 2.39. The molecule has 126 valence electrons. The van der Waals surface area contributed by atoms with E-state index in [1.807, 2.05) is 0 Å². The van der Waals surface area contributed by atoms with Gasteiger partial charge in [-0.05, 0) is 23.8 Å². The summed E-state index contributed by atoms with van der Waals surface area (Å²) in [6, 6.07) is 14.4. The molecule has 3 rings (SSSR count). The molecule has 0 bridgehead atoms. The number of nitrogens with two attached hydrogens (primary N) is 1. The average molecular weight is 340 g/mol. The van der Waals surface area contributed by atoms with Gasteiger partial charge < -0.3 is 16.0 Å². The van der Waals surface area contributed by atoms with E-state index in [2.05, 4.69) is 5.16 Å². The maximum atomic E-state index is 14.4. The fraction of sp³-hybridized carbons (Fsp3) is 0. The van der Waals surface area contributed by atoms with E-state index in [4.69, 9.17) is 10.9 Å². The number of benzene rings is 3. The quantitative estimate of drug-likeness (QED) is 0.291. The highest BCUT2D eigenvalue weighted by molar-refractivity contribution is 6.06. The van der Waals surface area contributed by atoms with Gasteiger partial charge in [0.1, 0.15) is 17.4 Å². The second kappa shape index (κ2) is 6.60. The highest BCUT2D eigenvalue weighted by Crippen LogP contribution is 2.38. The number of halogens is 2. The molecule has 0 saturated heterocycles. The van der Waals surface area contributed by atoms with Crippen molar-refractivity contribution in [3.05, 3.63) is 77.9 Å². The third-order valence-electron chi connectivity index (χ3n) is 3.83. The van der Waals surface area contributed by atoms with Crippen LogP contribution in [0.25, 0.3) is 22.3 Å².